The van der Waals surface area contributed by atoms with E-state index in [0.717, 1.165) is 5.33 Å². The van der Waals surface area contributed by atoms with Crippen LogP contribution in [-0.2, 0) is 14.3 Å². The second-order valence-electron chi connectivity index (χ2n) is 5.99. The number of alkyl halides is 1. The number of hydrogen-bond acceptors (Lipinski definition) is 4. The number of rotatable bonds is 6. The highest BCUT2D eigenvalue weighted by Gasteiger charge is 2.45. The molecule has 134 valence electrons. The Morgan fingerprint density at radius 3 is 2.84 bits per heavy atom. The topological polar surface area (TPSA) is 59.1 Å². The summed E-state index contributed by atoms with van der Waals surface area (Å²) in [6.45, 7) is 1.01. The van der Waals surface area contributed by atoms with E-state index in [4.69, 9.17) is 9.47 Å². The molecule has 2 heterocycles. The first kappa shape index (κ1) is 18.1. The molecule has 1 fully saturated rings. The number of anilines is 1. The predicted molar refractivity (Wildman–Crippen MR) is 97.9 cm³/mol. The van der Waals surface area contributed by atoms with Gasteiger partial charge in [-0.2, -0.15) is 0 Å². The summed E-state index contributed by atoms with van der Waals surface area (Å²) in [5, 5.41) is 0.773. The van der Waals surface area contributed by atoms with Crippen LogP contribution in [0.4, 0.5) is 5.69 Å². The van der Waals surface area contributed by atoms with Gasteiger partial charge in [-0.05, 0) is 12.1 Å². The molecular formula is C18H21BrN2O4. The molecule has 0 aromatic heterocycles. The third-order valence-electron chi connectivity index (χ3n) is 4.44. The van der Waals surface area contributed by atoms with Crippen LogP contribution in [0.3, 0.4) is 0 Å². The van der Waals surface area contributed by atoms with Crippen LogP contribution in [0.2, 0.25) is 0 Å². The Kier molecular flexibility index (Phi) is 5.88. The Bertz CT molecular complexity index is 679. The first-order chi connectivity index (χ1) is 12.2. The van der Waals surface area contributed by atoms with E-state index in [1.165, 1.54) is 7.11 Å². The van der Waals surface area contributed by atoms with Crippen molar-refractivity contribution in [3.05, 3.63) is 42.0 Å². The molecule has 1 aromatic carbocycles. The molecule has 0 aliphatic carbocycles. The molecule has 2 atom stereocenters. The second kappa shape index (κ2) is 8.12. The molecule has 0 radical (unpaired) electrons. The third kappa shape index (κ3) is 3.63. The van der Waals surface area contributed by atoms with Crippen LogP contribution in [0.5, 0.6) is 0 Å². The Hall–Kier alpha value is -1.70. The quantitative estimate of drug-likeness (QED) is 0.534. The van der Waals surface area contributed by atoms with Crippen LogP contribution in [0, 0.1) is 0 Å². The van der Waals surface area contributed by atoms with Gasteiger partial charge in [0.1, 0.15) is 12.8 Å². The number of hydrogen-bond donors (Lipinski definition) is 0. The fraction of sp³-hybridized carbons (Fsp3) is 0.444. The van der Waals surface area contributed by atoms with E-state index in [0.29, 0.717) is 30.8 Å². The molecule has 25 heavy (non-hydrogen) atoms. The average Bonchev–Trinajstić information content (AvgIpc) is 3.03. The Morgan fingerprint density at radius 1 is 1.28 bits per heavy atom. The summed E-state index contributed by atoms with van der Waals surface area (Å²) in [5.41, 5.74) is 1.13. The molecule has 2 aliphatic rings. The summed E-state index contributed by atoms with van der Waals surface area (Å²) < 4.78 is 11.0. The van der Waals surface area contributed by atoms with Gasteiger partial charge in [-0.3, -0.25) is 14.5 Å². The molecule has 2 amide bonds. The molecule has 1 saturated heterocycles. The zero-order chi connectivity index (χ0) is 17.8. The lowest BCUT2D eigenvalue weighted by Gasteiger charge is -2.24. The van der Waals surface area contributed by atoms with Crippen LogP contribution in [0.25, 0.3) is 0 Å². The lowest BCUT2D eigenvalue weighted by atomic mass is 10.1. The normalized spacial score (nSPS) is 23.1. The molecule has 2 aliphatic heterocycles. The number of methoxy groups -OCH3 is 1. The summed E-state index contributed by atoms with van der Waals surface area (Å²) in [4.78, 5) is 29.2. The molecule has 7 heteroatoms. The van der Waals surface area contributed by atoms with E-state index in [9.17, 15) is 9.59 Å². The first-order valence-electron chi connectivity index (χ1n) is 8.20. The monoisotopic (exact) mass is 408 g/mol. The Labute approximate surface area is 155 Å². The molecule has 0 bridgehead atoms. The van der Waals surface area contributed by atoms with E-state index in [2.05, 4.69) is 15.9 Å². The van der Waals surface area contributed by atoms with E-state index in [1.807, 2.05) is 24.3 Å². The van der Waals surface area contributed by atoms with Crippen molar-refractivity contribution >= 4 is 33.4 Å². The average molecular weight is 409 g/mol. The summed E-state index contributed by atoms with van der Waals surface area (Å²) in [6.07, 6.45) is 4.24. The highest BCUT2D eigenvalue weighted by atomic mass is 79.9. The number of nitrogens with zero attached hydrogens (tertiary/aromatic N) is 2. The fourth-order valence-electron chi connectivity index (χ4n) is 3.30. The van der Waals surface area contributed by atoms with Gasteiger partial charge in [0.15, 0.2) is 0 Å². The minimum Gasteiger partial charge on any atom is -0.372 e. The maximum atomic E-state index is 13.0. The number of amides is 2. The Balaban J connectivity index is 1.84. The van der Waals surface area contributed by atoms with Crippen molar-refractivity contribution < 1.29 is 19.1 Å². The molecular weight excluding hydrogens is 388 g/mol. The van der Waals surface area contributed by atoms with Crippen molar-refractivity contribution in [2.45, 2.75) is 18.6 Å². The molecule has 0 saturated carbocycles. The standard InChI is InChI=1S/C18H21BrN2O4/c1-24-12-21-15-7-3-2-6-14(15)17(22)20-11-13(10-16(20)18(21)23)25-9-5-4-8-19/h2-7,13,16H,8-12H2,1H3/b5-4+. The van der Waals surface area contributed by atoms with Crippen LogP contribution in [0.15, 0.2) is 36.4 Å². The van der Waals surface area contributed by atoms with Crippen LogP contribution >= 0.6 is 15.9 Å². The number of para-hydroxylation sites is 1. The number of fused-ring (bicyclic) bond motifs is 2. The molecule has 6 nitrogen and oxygen atoms in total. The van der Waals surface area contributed by atoms with Gasteiger partial charge in [-0.1, -0.05) is 40.2 Å². The van der Waals surface area contributed by atoms with Crippen LogP contribution < -0.4 is 4.90 Å². The number of halogens is 1. The second-order valence-corrected chi connectivity index (χ2v) is 6.64. The summed E-state index contributed by atoms with van der Waals surface area (Å²) >= 11 is 3.32. The number of benzene rings is 1. The number of allylic oxidation sites excluding steroid dienone is 1. The minimum absolute atomic E-state index is 0.118. The van der Waals surface area contributed by atoms with Crippen molar-refractivity contribution in [1.29, 1.82) is 0 Å². The van der Waals surface area contributed by atoms with E-state index in [1.54, 1.807) is 21.9 Å². The van der Waals surface area contributed by atoms with Gasteiger partial charge < -0.3 is 14.4 Å². The van der Waals surface area contributed by atoms with Gasteiger partial charge in [0, 0.05) is 25.4 Å². The highest BCUT2D eigenvalue weighted by Crippen LogP contribution is 2.33. The van der Waals surface area contributed by atoms with Crippen LogP contribution in [0.1, 0.15) is 16.8 Å². The number of ether oxygens (including phenoxy) is 2. The van der Waals surface area contributed by atoms with Gasteiger partial charge in [0.25, 0.3) is 11.8 Å². The van der Waals surface area contributed by atoms with Crippen molar-refractivity contribution in [2.24, 2.45) is 0 Å². The maximum absolute atomic E-state index is 13.0. The number of carbonyl (C=O) groups is 2. The largest absolute Gasteiger partial charge is 0.372 e. The molecule has 0 spiro atoms. The SMILES string of the molecule is COCN1C(=O)C2CC(OC/C=C/CBr)CN2C(=O)c2ccccc21. The minimum atomic E-state index is -0.514. The number of carbonyl (C=O) groups excluding carboxylic acids is 2. The van der Waals surface area contributed by atoms with Crippen molar-refractivity contribution in [3.63, 3.8) is 0 Å². The Morgan fingerprint density at radius 2 is 2.08 bits per heavy atom. The van der Waals surface area contributed by atoms with E-state index >= 15 is 0 Å². The summed E-state index contributed by atoms with van der Waals surface area (Å²) in [7, 11) is 1.54. The molecule has 2 unspecified atom stereocenters. The van der Waals surface area contributed by atoms with Gasteiger partial charge in [-0.15, -0.1) is 0 Å². The predicted octanol–water partition coefficient (Wildman–Crippen LogP) is 2.19. The lowest BCUT2D eigenvalue weighted by molar-refractivity contribution is -0.123. The zero-order valence-electron chi connectivity index (χ0n) is 14.1. The van der Waals surface area contributed by atoms with Crippen molar-refractivity contribution in [1.82, 2.24) is 4.90 Å². The fourth-order valence-corrected chi connectivity index (χ4v) is 3.57. The highest BCUT2D eigenvalue weighted by molar-refractivity contribution is 9.09. The zero-order valence-corrected chi connectivity index (χ0v) is 15.6. The molecule has 3 rings (SSSR count). The van der Waals surface area contributed by atoms with Gasteiger partial charge in [-0.25, -0.2) is 0 Å². The van der Waals surface area contributed by atoms with E-state index < -0.39 is 6.04 Å². The smallest absolute Gasteiger partial charge is 0.256 e. The summed E-state index contributed by atoms with van der Waals surface area (Å²) in [6, 6.07) is 6.65. The van der Waals surface area contributed by atoms with Crippen LogP contribution in [-0.4, -0.2) is 61.2 Å². The van der Waals surface area contributed by atoms with Crippen molar-refractivity contribution in [3.8, 4) is 0 Å². The maximum Gasteiger partial charge on any atom is 0.256 e. The van der Waals surface area contributed by atoms with Gasteiger partial charge in [0.2, 0.25) is 0 Å². The molecule has 1 aromatic rings. The summed E-state index contributed by atoms with van der Waals surface area (Å²) in [5.74, 6) is -0.253. The van der Waals surface area contributed by atoms with Gasteiger partial charge >= 0.3 is 0 Å². The lowest BCUT2D eigenvalue weighted by Crippen LogP contribution is -2.45. The van der Waals surface area contributed by atoms with E-state index in [-0.39, 0.29) is 24.6 Å². The third-order valence-corrected chi connectivity index (χ3v) is 4.82. The first-order valence-corrected chi connectivity index (χ1v) is 9.32. The molecule has 0 N–H and O–H groups in total. The van der Waals surface area contributed by atoms with Gasteiger partial charge in [0.05, 0.1) is 24.0 Å². The van der Waals surface area contributed by atoms with Crippen molar-refractivity contribution in [2.75, 3.05) is 37.2 Å².